The van der Waals surface area contributed by atoms with Crippen molar-refractivity contribution in [2.24, 2.45) is 0 Å². The van der Waals surface area contributed by atoms with Crippen molar-refractivity contribution in [2.45, 2.75) is 31.2 Å². The maximum Gasteiger partial charge on any atom is 0.138 e. The van der Waals surface area contributed by atoms with Crippen molar-refractivity contribution in [3.05, 3.63) is 12.2 Å². The Morgan fingerprint density at radius 3 is 3.19 bits per heavy atom. The zero-order chi connectivity index (χ0) is 11.4. The van der Waals surface area contributed by atoms with Crippen LogP contribution < -0.4 is 0 Å². The van der Waals surface area contributed by atoms with Gasteiger partial charge in [0.15, 0.2) is 0 Å². The summed E-state index contributed by atoms with van der Waals surface area (Å²) in [5.74, 6) is 4.30. The lowest BCUT2D eigenvalue weighted by Crippen LogP contribution is -2.31. The molecule has 1 N–H and O–H groups in total. The van der Waals surface area contributed by atoms with Gasteiger partial charge in [0.25, 0.3) is 0 Å². The van der Waals surface area contributed by atoms with Crippen LogP contribution >= 0.6 is 23.5 Å². The van der Waals surface area contributed by atoms with Gasteiger partial charge in [-0.3, -0.25) is 4.68 Å². The maximum atomic E-state index is 10.2. The summed E-state index contributed by atoms with van der Waals surface area (Å²) in [6.07, 6.45) is 1.88. The minimum absolute atomic E-state index is 0.299. The maximum absolute atomic E-state index is 10.2. The molecule has 0 bridgehead atoms. The van der Waals surface area contributed by atoms with Crippen LogP contribution in [0.3, 0.4) is 0 Å². The van der Waals surface area contributed by atoms with Gasteiger partial charge in [-0.25, -0.2) is 4.98 Å². The summed E-state index contributed by atoms with van der Waals surface area (Å²) in [4.78, 5) is 4.20. The Morgan fingerprint density at radius 2 is 2.50 bits per heavy atom. The van der Waals surface area contributed by atoms with Crippen molar-refractivity contribution in [3.8, 4) is 0 Å². The van der Waals surface area contributed by atoms with E-state index in [9.17, 15) is 5.11 Å². The van der Waals surface area contributed by atoms with Crippen LogP contribution in [0.5, 0.6) is 0 Å². The molecule has 16 heavy (non-hydrogen) atoms. The molecule has 0 amide bonds. The van der Waals surface area contributed by atoms with Crippen molar-refractivity contribution in [1.29, 1.82) is 0 Å². The van der Waals surface area contributed by atoms with Gasteiger partial charge in [0.05, 0.1) is 6.10 Å². The molecule has 1 aromatic heterocycles. The van der Waals surface area contributed by atoms with Crippen LogP contribution in [0.1, 0.15) is 12.7 Å². The molecule has 1 aromatic rings. The molecule has 1 aliphatic heterocycles. The molecule has 1 aliphatic rings. The molecule has 1 fully saturated rings. The van der Waals surface area contributed by atoms with Gasteiger partial charge < -0.3 is 5.11 Å². The minimum Gasteiger partial charge on any atom is -0.391 e. The van der Waals surface area contributed by atoms with Gasteiger partial charge in [-0.1, -0.05) is 0 Å². The van der Waals surface area contributed by atoms with E-state index in [-0.39, 0.29) is 6.10 Å². The molecule has 0 saturated carbocycles. The molecular weight excluding hydrogens is 242 g/mol. The number of thioether (sulfide) groups is 2. The summed E-state index contributed by atoms with van der Waals surface area (Å²) in [5.41, 5.74) is 0. The zero-order valence-electron chi connectivity index (χ0n) is 9.37. The number of aliphatic hydroxyl groups excluding tert-OH is 1. The number of hydrogen-bond donors (Lipinski definition) is 1. The first kappa shape index (κ1) is 12.3. The van der Waals surface area contributed by atoms with Gasteiger partial charge in [-0.15, -0.1) is 0 Å². The number of nitrogens with zero attached hydrogens (tertiary/aromatic N) is 3. The van der Waals surface area contributed by atoms with E-state index in [0.29, 0.717) is 11.7 Å². The molecule has 90 valence electrons. The van der Waals surface area contributed by atoms with Crippen LogP contribution in [0.15, 0.2) is 6.33 Å². The highest BCUT2D eigenvalue weighted by Gasteiger charge is 2.24. The highest BCUT2D eigenvalue weighted by atomic mass is 32.2. The quantitative estimate of drug-likeness (QED) is 0.876. The molecule has 0 spiro atoms. The van der Waals surface area contributed by atoms with Gasteiger partial charge in [0.2, 0.25) is 0 Å². The lowest BCUT2D eigenvalue weighted by molar-refractivity contribution is 0.173. The fourth-order valence-electron chi connectivity index (χ4n) is 1.76. The second-order valence-electron chi connectivity index (χ2n) is 3.75. The molecule has 0 aromatic carbocycles. The lowest BCUT2D eigenvalue weighted by Gasteiger charge is -2.25. The van der Waals surface area contributed by atoms with E-state index in [4.69, 9.17) is 0 Å². The third kappa shape index (κ3) is 2.93. The Labute approximate surface area is 104 Å². The normalized spacial score (nSPS) is 23.2. The van der Waals surface area contributed by atoms with Crippen molar-refractivity contribution < 1.29 is 5.11 Å². The molecule has 2 rings (SSSR count). The Kier molecular flexibility index (Phi) is 4.55. The predicted molar refractivity (Wildman–Crippen MR) is 69.0 cm³/mol. The summed E-state index contributed by atoms with van der Waals surface area (Å²) in [7, 11) is 0. The fourth-order valence-corrected chi connectivity index (χ4v) is 4.53. The summed E-state index contributed by atoms with van der Waals surface area (Å²) in [6.45, 7) is 2.85. The van der Waals surface area contributed by atoms with E-state index in [1.165, 1.54) is 5.75 Å². The first-order valence-electron chi connectivity index (χ1n) is 5.55. The van der Waals surface area contributed by atoms with E-state index >= 15 is 0 Å². The van der Waals surface area contributed by atoms with Crippen LogP contribution in [0.4, 0.5) is 0 Å². The van der Waals surface area contributed by atoms with Crippen LogP contribution in [-0.2, 0) is 13.0 Å². The molecule has 0 radical (unpaired) electrons. The molecule has 0 aliphatic carbocycles. The number of aliphatic hydroxyl groups is 1. The van der Waals surface area contributed by atoms with Crippen LogP contribution in [0.25, 0.3) is 0 Å². The van der Waals surface area contributed by atoms with E-state index in [1.54, 1.807) is 6.33 Å². The van der Waals surface area contributed by atoms with Crippen LogP contribution in [-0.4, -0.2) is 48.5 Å². The summed E-state index contributed by atoms with van der Waals surface area (Å²) in [5, 5.41) is 14.6. The minimum atomic E-state index is -0.299. The molecule has 2 atom stereocenters. The monoisotopic (exact) mass is 259 g/mol. The first-order chi connectivity index (χ1) is 7.81. The van der Waals surface area contributed by atoms with E-state index in [1.807, 2.05) is 35.1 Å². The smallest absolute Gasteiger partial charge is 0.138 e. The SMILES string of the molecule is CCn1ncnc1CC(O)C1CSCCS1. The van der Waals surface area contributed by atoms with Gasteiger partial charge in [0.1, 0.15) is 12.2 Å². The van der Waals surface area contributed by atoms with Crippen molar-refractivity contribution >= 4 is 23.5 Å². The highest BCUT2D eigenvalue weighted by Crippen LogP contribution is 2.27. The second kappa shape index (κ2) is 5.93. The lowest BCUT2D eigenvalue weighted by atomic mass is 10.2. The number of hydrogen-bond acceptors (Lipinski definition) is 5. The van der Waals surface area contributed by atoms with Crippen molar-refractivity contribution in [3.63, 3.8) is 0 Å². The topological polar surface area (TPSA) is 50.9 Å². The molecule has 1 saturated heterocycles. The Hall–Kier alpha value is -0.200. The third-order valence-corrected chi connectivity index (χ3v) is 5.56. The van der Waals surface area contributed by atoms with Gasteiger partial charge >= 0.3 is 0 Å². The van der Waals surface area contributed by atoms with Gasteiger partial charge in [-0.05, 0) is 6.92 Å². The average molecular weight is 259 g/mol. The molecule has 2 heterocycles. The first-order valence-corrected chi connectivity index (χ1v) is 7.75. The van der Waals surface area contributed by atoms with Crippen LogP contribution in [0.2, 0.25) is 0 Å². The number of rotatable bonds is 4. The van der Waals surface area contributed by atoms with Gasteiger partial charge in [-0.2, -0.15) is 28.6 Å². The highest BCUT2D eigenvalue weighted by molar-refractivity contribution is 8.06. The molecular formula is C10H17N3OS2. The standard InChI is InChI=1S/C10H17N3OS2/c1-2-13-10(11-7-12-13)5-8(14)9-6-15-3-4-16-9/h7-9,14H,2-6H2,1H3. The Balaban J connectivity index is 1.93. The summed E-state index contributed by atoms with van der Waals surface area (Å²) in [6, 6.07) is 0. The number of aromatic nitrogens is 3. The summed E-state index contributed by atoms with van der Waals surface area (Å²) >= 11 is 3.81. The molecule has 4 nitrogen and oxygen atoms in total. The van der Waals surface area contributed by atoms with E-state index in [2.05, 4.69) is 10.1 Å². The summed E-state index contributed by atoms with van der Waals surface area (Å²) < 4.78 is 1.85. The van der Waals surface area contributed by atoms with E-state index < -0.39 is 0 Å². The zero-order valence-corrected chi connectivity index (χ0v) is 11.0. The van der Waals surface area contributed by atoms with Crippen LogP contribution in [0, 0.1) is 0 Å². The number of aryl methyl sites for hydroxylation is 1. The largest absolute Gasteiger partial charge is 0.391 e. The van der Waals surface area contributed by atoms with E-state index in [0.717, 1.165) is 23.9 Å². The second-order valence-corrected chi connectivity index (χ2v) is 6.24. The van der Waals surface area contributed by atoms with Crippen molar-refractivity contribution in [2.75, 3.05) is 17.3 Å². The Bertz CT molecular complexity index is 326. The molecule has 6 heteroatoms. The average Bonchev–Trinajstić information content (AvgIpc) is 2.77. The van der Waals surface area contributed by atoms with Crippen molar-refractivity contribution in [1.82, 2.24) is 14.8 Å². The fraction of sp³-hybridized carbons (Fsp3) is 0.800. The van der Waals surface area contributed by atoms with Gasteiger partial charge in [0, 0.05) is 35.5 Å². The molecule has 2 unspecified atom stereocenters. The third-order valence-electron chi connectivity index (χ3n) is 2.66. The predicted octanol–water partition coefficient (Wildman–Crippen LogP) is 1.05. The Morgan fingerprint density at radius 1 is 1.62 bits per heavy atom.